The van der Waals surface area contributed by atoms with Crippen LogP contribution in [-0.2, 0) is 18.9 Å². The van der Waals surface area contributed by atoms with Gasteiger partial charge in [0.15, 0.2) is 5.71 Å². The lowest BCUT2D eigenvalue weighted by Gasteiger charge is -2.38. The molecular weight excluding hydrogens is 519 g/mol. The van der Waals surface area contributed by atoms with Crippen molar-refractivity contribution in [2.45, 2.75) is 57.4 Å². The number of carboxylic acid groups (broad SMARTS) is 1. The van der Waals surface area contributed by atoms with Crippen molar-refractivity contribution in [3.05, 3.63) is 34.9 Å². The molecule has 1 saturated heterocycles. The molecule has 1 aromatic carbocycles. The Hall–Kier alpha value is -2.97. The number of phenolic OH excluding ortho intramolecular Hbond substituents is 1. The third kappa shape index (κ3) is 6.28. The highest BCUT2D eigenvalue weighted by molar-refractivity contribution is 7.63. The molecule has 0 aromatic heterocycles. The van der Waals surface area contributed by atoms with Gasteiger partial charge in [0.25, 0.3) is 11.8 Å². The highest BCUT2D eigenvalue weighted by Gasteiger charge is 2.42. The average molecular weight is 559 g/mol. The van der Waals surface area contributed by atoms with Crippen LogP contribution in [0.3, 0.4) is 0 Å². The van der Waals surface area contributed by atoms with E-state index < -0.39 is 24.9 Å². The second-order valence-corrected chi connectivity index (χ2v) is 15.0. The Morgan fingerprint density at radius 2 is 1.85 bits per heavy atom. The van der Waals surface area contributed by atoms with E-state index >= 15 is 0 Å². The molecule has 10 nitrogen and oxygen atoms in total. The van der Waals surface area contributed by atoms with Crippen molar-refractivity contribution in [2.75, 3.05) is 45.1 Å². The maximum absolute atomic E-state index is 13.7. The van der Waals surface area contributed by atoms with Crippen LogP contribution in [0.15, 0.2) is 34.4 Å². The van der Waals surface area contributed by atoms with E-state index in [-0.39, 0.29) is 29.3 Å². The molecule has 2 fully saturated rings. The van der Waals surface area contributed by atoms with Gasteiger partial charge >= 0.3 is 5.97 Å². The number of carbonyl (C=O) groups excluding carboxylic acids is 2. The van der Waals surface area contributed by atoms with Crippen LogP contribution in [0.4, 0.5) is 5.69 Å². The topological polar surface area (TPSA) is 140 Å². The van der Waals surface area contributed by atoms with E-state index in [0.29, 0.717) is 66.9 Å². The molecule has 3 N–H and O–H groups in total. The number of rotatable bonds is 7. The lowest BCUT2D eigenvalue weighted by Crippen LogP contribution is -2.54. The normalized spacial score (nSPS) is 29.3. The van der Waals surface area contributed by atoms with Crippen LogP contribution in [0.25, 0.3) is 0 Å². The molecule has 39 heavy (non-hydrogen) atoms. The number of nitrogens with one attached hydrogen (secondary N) is 1. The van der Waals surface area contributed by atoms with Crippen molar-refractivity contribution in [1.29, 1.82) is 0 Å². The van der Waals surface area contributed by atoms with Crippen LogP contribution in [-0.4, -0.2) is 89.2 Å². The summed E-state index contributed by atoms with van der Waals surface area (Å²) in [4.78, 5) is 41.8. The molecule has 4 rings (SSSR count). The third-order valence-electron chi connectivity index (χ3n) is 8.24. The molecule has 1 saturated carbocycles. The zero-order chi connectivity index (χ0) is 28.5. The summed E-state index contributed by atoms with van der Waals surface area (Å²) < 4.78 is 12.5. The van der Waals surface area contributed by atoms with Gasteiger partial charge in [0.05, 0.1) is 18.7 Å². The maximum atomic E-state index is 13.7. The number of aliphatic carboxylic acids is 1. The SMILES string of the molecule is CC1=C(CN(C)C)C(=O)N(C2CCP(C)(=O)CC2)C(=O)/C1=N/Nc1cccc(C2CCCC(C(=O)O)C2)c1O. The van der Waals surface area contributed by atoms with Gasteiger partial charge in [-0.3, -0.25) is 24.7 Å². The third-order valence-corrected chi connectivity index (χ3v) is 10.6. The molecule has 212 valence electrons. The number of imide groups is 1. The Morgan fingerprint density at radius 3 is 2.49 bits per heavy atom. The fraction of sp³-hybridized carbons (Fsp3) is 0.571. The van der Waals surface area contributed by atoms with Gasteiger partial charge < -0.3 is 19.7 Å². The minimum absolute atomic E-state index is 0.0183. The average Bonchev–Trinajstić information content (AvgIpc) is 2.88. The fourth-order valence-electron chi connectivity index (χ4n) is 5.93. The van der Waals surface area contributed by atoms with Crippen molar-refractivity contribution >= 4 is 36.3 Å². The lowest BCUT2D eigenvalue weighted by atomic mass is 9.77. The molecule has 11 heteroatoms. The number of likely N-dealkylation sites (N-methyl/N-ethyl adjacent to an activating group) is 1. The van der Waals surface area contributed by atoms with Gasteiger partial charge in [-0.05, 0) is 82.9 Å². The number of amides is 2. The maximum Gasteiger partial charge on any atom is 0.306 e. The second kappa shape index (κ2) is 11.6. The van der Waals surface area contributed by atoms with Gasteiger partial charge in [0.2, 0.25) is 0 Å². The number of nitrogens with zero attached hydrogens (tertiary/aromatic N) is 3. The first-order chi connectivity index (χ1) is 18.4. The van der Waals surface area contributed by atoms with Gasteiger partial charge in [0.1, 0.15) is 5.75 Å². The predicted octanol–water partition coefficient (Wildman–Crippen LogP) is 3.92. The molecule has 2 atom stereocenters. The molecular formula is C28H39N4O6P. The molecule has 2 amide bonds. The predicted molar refractivity (Wildman–Crippen MR) is 151 cm³/mol. The Kier molecular flexibility index (Phi) is 8.66. The summed E-state index contributed by atoms with van der Waals surface area (Å²) in [6.07, 6.45) is 4.64. The molecule has 2 heterocycles. The van der Waals surface area contributed by atoms with Crippen molar-refractivity contribution in [3.8, 4) is 5.75 Å². The Morgan fingerprint density at radius 1 is 1.15 bits per heavy atom. The van der Waals surface area contributed by atoms with E-state index in [2.05, 4.69) is 10.5 Å². The van der Waals surface area contributed by atoms with E-state index in [1.807, 2.05) is 19.0 Å². The fourth-order valence-corrected chi connectivity index (χ4v) is 7.85. The number of carbonyl (C=O) groups is 3. The lowest BCUT2D eigenvalue weighted by molar-refractivity contribution is -0.143. The van der Waals surface area contributed by atoms with Crippen LogP contribution in [0.5, 0.6) is 5.75 Å². The summed E-state index contributed by atoms with van der Waals surface area (Å²) in [7, 11) is 1.46. The highest BCUT2D eigenvalue weighted by atomic mass is 31.2. The molecule has 2 unspecified atom stereocenters. The number of phenols is 1. The van der Waals surface area contributed by atoms with Crippen LogP contribution in [0, 0.1) is 5.92 Å². The number of hydrogen-bond donors (Lipinski definition) is 3. The van der Waals surface area contributed by atoms with Gasteiger partial charge in [0, 0.05) is 30.5 Å². The van der Waals surface area contributed by atoms with Crippen molar-refractivity contribution in [3.63, 3.8) is 0 Å². The quantitative estimate of drug-likeness (QED) is 0.198. The van der Waals surface area contributed by atoms with E-state index in [1.165, 1.54) is 4.90 Å². The minimum atomic E-state index is -2.24. The number of benzene rings is 1. The summed E-state index contributed by atoms with van der Waals surface area (Å²) in [5, 5.41) is 24.9. The zero-order valence-electron chi connectivity index (χ0n) is 23.1. The molecule has 3 aliphatic rings. The molecule has 0 radical (unpaired) electrons. The van der Waals surface area contributed by atoms with E-state index in [4.69, 9.17) is 0 Å². The highest BCUT2D eigenvalue weighted by Crippen LogP contribution is 2.48. The van der Waals surface area contributed by atoms with Crippen LogP contribution in [0.1, 0.15) is 56.9 Å². The van der Waals surface area contributed by atoms with Crippen molar-refractivity contribution < 1.29 is 29.2 Å². The van der Waals surface area contributed by atoms with Gasteiger partial charge in [-0.2, -0.15) is 5.10 Å². The van der Waals surface area contributed by atoms with Gasteiger partial charge in [-0.25, -0.2) is 0 Å². The number of hydrazone groups is 1. The first-order valence-corrected chi connectivity index (χ1v) is 16.1. The summed E-state index contributed by atoms with van der Waals surface area (Å²) in [6, 6.07) is 4.87. The van der Waals surface area contributed by atoms with Crippen molar-refractivity contribution in [2.24, 2.45) is 11.0 Å². The molecule has 1 aliphatic carbocycles. The van der Waals surface area contributed by atoms with E-state index in [0.717, 1.165) is 12.8 Å². The summed E-state index contributed by atoms with van der Waals surface area (Å²) in [5.41, 5.74) is 4.87. The second-order valence-electron chi connectivity index (χ2n) is 11.5. The first kappa shape index (κ1) is 29.0. The van der Waals surface area contributed by atoms with Crippen LogP contribution < -0.4 is 5.43 Å². The Labute approximate surface area is 229 Å². The Balaban J connectivity index is 1.64. The van der Waals surface area contributed by atoms with E-state index in [1.54, 1.807) is 31.8 Å². The number of hydrogen-bond acceptors (Lipinski definition) is 8. The molecule has 2 aliphatic heterocycles. The van der Waals surface area contributed by atoms with Crippen LogP contribution in [0.2, 0.25) is 0 Å². The molecule has 0 spiro atoms. The first-order valence-electron chi connectivity index (χ1n) is 13.6. The number of carboxylic acids is 1. The minimum Gasteiger partial charge on any atom is -0.505 e. The summed E-state index contributed by atoms with van der Waals surface area (Å²) >= 11 is 0. The number of para-hydroxylation sites is 1. The van der Waals surface area contributed by atoms with Crippen molar-refractivity contribution in [1.82, 2.24) is 9.80 Å². The molecule has 1 aromatic rings. The monoisotopic (exact) mass is 558 g/mol. The van der Waals surface area contributed by atoms with Crippen LogP contribution >= 0.6 is 7.14 Å². The van der Waals surface area contributed by atoms with E-state index in [9.17, 15) is 29.2 Å². The van der Waals surface area contributed by atoms with Gasteiger partial charge in [-0.15, -0.1) is 0 Å². The molecule has 0 bridgehead atoms. The summed E-state index contributed by atoms with van der Waals surface area (Å²) in [5.74, 6) is -2.20. The van der Waals surface area contributed by atoms with Gasteiger partial charge in [-0.1, -0.05) is 18.6 Å². The zero-order valence-corrected chi connectivity index (χ0v) is 24.0. The largest absolute Gasteiger partial charge is 0.505 e. The Bertz CT molecular complexity index is 1260. The standard InChI is InChI=1S/C28H39N4O6P/c1-17-22(16-31(2)3)26(34)32(20-11-13-39(4,38)14-12-20)27(35)24(17)30-29-23-10-6-9-21(25(23)33)18-7-5-8-19(15-18)28(36)37/h6,9-10,18-20,29,33H,5,7-8,11-16H2,1-4H3,(H,36,37)/b30-24+. The summed E-state index contributed by atoms with van der Waals surface area (Å²) in [6.45, 7) is 3.81. The number of anilines is 1. The smallest absolute Gasteiger partial charge is 0.306 e. The number of aromatic hydroxyl groups is 1.